The van der Waals surface area contributed by atoms with E-state index in [9.17, 15) is 22.7 Å². The van der Waals surface area contributed by atoms with E-state index < -0.39 is 29.2 Å². The van der Waals surface area contributed by atoms with Crippen LogP contribution in [-0.4, -0.2) is 11.7 Å². The normalized spacial score (nSPS) is 13.9. The minimum Gasteiger partial charge on any atom is -0.388 e. The average molecular weight is 237 g/mol. The number of hydrogen-bond acceptors (Lipinski definition) is 2. The third-order valence-electron chi connectivity index (χ3n) is 2.12. The molecule has 2 nitrogen and oxygen atoms in total. The Morgan fingerprint density at radius 1 is 1.31 bits per heavy atom. The zero-order valence-corrected chi connectivity index (χ0v) is 8.26. The molecule has 6 heteroatoms. The lowest BCUT2D eigenvalue weighted by atomic mass is 9.99. The molecule has 16 heavy (non-hydrogen) atoms. The molecule has 0 aromatic heterocycles. The maximum atomic E-state index is 12.8. The van der Waals surface area contributed by atoms with Gasteiger partial charge in [-0.25, -0.2) is 4.39 Å². The highest BCUT2D eigenvalue weighted by Gasteiger charge is 2.34. The fourth-order valence-electron chi connectivity index (χ4n) is 1.38. The van der Waals surface area contributed by atoms with E-state index in [1.54, 1.807) is 0 Å². The minimum absolute atomic E-state index is 0.0228. The Hall–Kier alpha value is -1.14. The van der Waals surface area contributed by atoms with Crippen LogP contribution in [-0.2, 0) is 6.18 Å². The lowest BCUT2D eigenvalue weighted by Gasteiger charge is -2.17. The second-order valence-electron chi connectivity index (χ2n) is 3.32. The van der Waals surface area contributed by atoms with Crippen LogP contribution in [0.1, 0.15) is 23.7 Å². The van der Waals surface area contributed by atoms with Crippen LogP contribution >= 0.6 is 0 Å². The molecule has 0 aliphatic carbocycles. The van der Waals surface area contributed by atoms with Crippen molar-refractivity contribution in [2.75, 3.05) is 6.54 Å². The number of nitrogens with two attached hydrogens (primary N) is 1. The molecule has 0 heterocycles. The summed E-state index contributed by atoms with van der Waals surface area (Å²) in [5, 5.41) is 9.44. The zero-order chi connectivity index (χ0) is 12.3. The summed E-state index contributed by atoms with van der Waals surface area (Å²) < 4.78 is 50.4. The second-order valence-corrected chi connectivity index (χ2v) is 3.32. The van der Waals surface area contributed by atoms with Gasteiger partial charge in [-0.15, -0.1) is 0 Å². The molecule has 0 bridgehead atoms. The van der Waals surface area contributed by atoms with E-state index in [-0.39, 0.29) is 13.0 Å². The predicted octanol–water partition coefficient (Wildman–Crippen LogP) is 2.23. The van der Waals surface area contributed by atoms with Crippen molar-refractivity contribution < 1.29 is 22.7 Å². The van der Waals surface area contributed by atoms with Gasteiger partial charge in [0.15, 0.2) is 0 Å². The molecule has 0 aliphatic rings. The molecule has 0 aliphatic heterocycles. The van der Waals surface area contributed by atoms with E-state index in [1.807, 2.05) is 0 Å². The molecule has 1 aromatic carbocycles. The van der Waals surface area contributed by atoms with Crippen molar-refractivity contribution in [3.8, 4) is 0 Å². The molecular weight excluding hydrogens is 226 g/mol. The van der Waals surface area contributed by atoms with Crippen molar-refractivity contribution in [3.05, 3.63) is 35.1 Å². The molecular formula is C10H11F4NO. The molecule has 1 atom stereocenters. The average Bonchev–Trinajstić information content (AvgIpc) is 2.16. The van der Waals surface area contributed by atoms with Gasteiger partial charge < -0.3 is 10.8 Å². The highest BCUT2D eigenvalue weighted by Crippen LogP contribution is 2.35. The fourth-order valence-corrected chi connectivity index (χ4v) is 1.38. The Balaban J connectivity index is 3.18. The SMILES string of the molecule is NCCC(O)c1cc(F)ccc1C(F)(F)F. The molecule has 0 saturated heterocycles. The topological polar surface area (TPSA) is 46.2 Å². The summed E-state index contributed by atoms with van der Waals surface area (Å²) in [6.45, 7) is 0.0228. The van der Waals surface area contributed by atoms with Crippen molar-refractivity contribution in [3.63, 3.8) is 0 Å². The van der Waals surface area contributed by atoms with Crippen LogP contribution in [0.25, 0.3) is 0 Å². The Kier molecular flexibility index (Phi) is 3.88. The molecule has 0 spiro atoms. The maximum Gasteiger partial charge on any atom is 0.416 e. The first-order valence-corrected chi connectivity index (χ1v) is 4.61. The molecule has 3 N–H and O–H groups in total. The zero-order valence-electron chi connectivity index (χ0n) is 8.26. The lowest BCUT2D eigenvalue weighted by molar-refractivity contribution is -0.139. The first-order chi connectivity index (χ1) is 7.36. The van der Waals surface area contributed by atoms with Crippen LogP contribution < -0.4 is 5.73 Å². The summed E-state index contributed by atoms with van der Waals surface area (Å²) in [5.74, 6) is -0.820. The van der Waals surface area contributed by atoms with E-state index in [4.69, 9.17) is 5.73 Å². The highest BCUT2D eigenvalue weighted by atomic mass is 19.4. The molecule has 0 saturated carbocycles. The number of halogens is 4. The van der Waals surface area contributed by atoms with Gasteiger partial charge in [0.2, 0.25) is 0 Å². The second kappa shape index (κ2) is 4.80. The maximum absolute atomic E-state index is 12.8. The third-order valence-corrected chi connectivity index (χ3v) is 2.12. The Labute approximate surface area is 89.7 Å². The van der Waals surface area contributed by atoms with Crippen molar-refractivity contribution >= 4 is 0 Å². The molecule has 1 aromatic rings. The van der Waals surface area contributed by atoms with Gasteiger partial charge in [0.1, 0.15) is 5.82 Å². The van der Waals surface area contributed by atoms with E-state index in [0.29, 0.717) is 18.2 Å². The largest absolute Gasteiger partial charge is 0.416 e. The van der Waals surface area contributed by atoms with Crippen LogP contribution in [0.5, 0.6) is 0 Å². The number of alkyl halides is 3. The molecule has 1 unspecified atom stereocenters. The number of aliphatic hydroxyl groups is 1. The Morgan fingerprint density at radius 2 is 1.94 bits per heavy atom. The molecule has 90 valence electrons. The minimum atomic E-state index is -4.61. The van der Waals surface area contributed by atoms with Crippen molar-refractivity contribution in [1.82, 2.24) is 0 Å². The quantitative estimate of drug-likeness (QED) is 0.792. The van der Waals surface area contributed by atoms with Crippen molar-refractivity contribution in [2.45, 2.75) is 18.7 Å². The van der Waals surface area contributed by atoms with Gasteiger partial charge in [-0.05, 0) is 36.7 Å². The van der Waals surface area contributed by atoms with Crippen LogP contribution in [0, 0.1) is 5.82 Å². The summed E-state index contributed by atoms with van der Waals surface area (Å²) in [5.41, 5.74) is 3.62. The lowest BCUT2D eigenvalue weighted by Crippen LogP contribution is -2.14. The van der Waals surface area contributed by atoms with Gasteiger partial charge in [0, 0.05) is 0 Å². The predicted molar refractivity (Wildman–Crippen MR) is 50.0 cm³/mol. The monoisotopic (exact) mass is 237 g/mol. The standard InChI is InChI=1S/C10H11F4NO/c11-6-1-2-8(10(12,13)14)7(5-6)9(16)3-4-15/h1-2,5,9,16H,3-4,15H2. The van der Waals surface area contributed by atoms with Crippen LogP contribution in [0.15, 0.2) is 18.2 Å². The van der Waals surface area contributed by atoms with Crippen LogP contribution in [0.2, 0.25) is 0 Å². The first-order valence-electron chi connectivity index (χ1n) is 4.61. The smallest absolute Gasteiger partial charge is 0.388 e. The molecule has 0 fully saturated rings. The summed E-state index contributed by atoms with van der Waals surface area (Å²) in [7, 11) is 0. The summed E-state index contributed by atoms with van der Waals surface area (Å²) >= 11 is 0. The Morgan fingerprint density at radius 3 is 2.44 bits per heavy atom. The van der Waals surface area contributed by atoms with E-state index in [1.165, 1.54) is 0 Å². The van der Waals surface area contributed by atoms with Gasteiger partial charge >= 0.3 is 6.18 Å². The highest BCUT2D eigenvalue weighted by molar-refractivity contribution is 5.32. The van der Waals surface area contributed by atoms with Crippen LogP contribution in [0.3, 0.4) is 0 Å². The summed E-state index contributed by atoms with van der Waals surface area (Å²) in [4.78, 5) is 0. The van der Waals surface area contributed by atoms with Gasteiger partial charge in [0.05, 0.1) is 11.7 Å². The van der Waals surface area contributed by atoms with Gasteiger partial charge in [0.25, 0.3) is 0 Å². The van der Waals surface area contributed by atoms with Crippen molar-refractivity contribution in [2.24, 2.45) is 5.73 Å². The fraction of sp³-hybridized carbons (Fsp3) is 0.400. The van der Waals surface area contributed by atoms with Crippen molar-refractivity contribution in [1.29, 1.82) is 0 Å². The molecule has 0 radical (unpaired) electrons. The van der Waals surface area contributed by atoms with Gasteiger partial charge in [-0.3, -0.25) is 0 Å². The Bertz CT molecular complexity index is 364. The number of benzene rings is 1. The van der Waals surface area contributed by atoms with Crippen LogP contribution in [0.4, 0.5) is 17.6 Å². The van der Waals surface area contributed by atoms with E-state index in [2.05, 4.69) is 0 Å². The third kappa shape index (κ3) is 2.93. The summed E-state index contributed by atoms with van der Waals surface area (Å²) in [6.07, 6.45) is -6.07. The van der Waals surface area contributed by atoms with Gasteiger partial charge in [-0.2, -0.15) is 13.2 Å². The van der Waals surface area contributed by atoms with E-state index >= 15 is 0 Å². The van der Waals surface area contributed by atoms with Gasteiger partial charge in [-0.1, -0.05) is 0 Å². The number of rotatable bonds is 3. The summed E-state index contributed by atoms with van der Waals surface area (Å²) in [6, 6.07) is 2.01. The number of aliphatic hydroxyl groups excluding tert-OH is 1. The number of hydrogen-bond donors (Lipinski definition) is 2. The molecule has 0 amide bonds. The first kappa shape index (κ1) is 12.9. The van der Waals surface area contributed by atoms with E-state index in [0.717, 1.165) is 0 Å². The molecule has 1 rings (SSSR count).